The van der Waals surface area contributed by atoms with Crippen molar-refractivity contribution in [2.75, 3.05) is 19.0 Å². The van der Waals surface area contributed by atoms with Gasteiger partial charge in [-0.1, -0.05) is 50.6 Å². The maximum Gasteiger partial charge on any atom is 0.279 e. The van der Waals surface area contributed by atoms with Crippen LogP contribution in [-0.4, -0.2) is 38.7 Å². The number of hydrogen-bond acceptors (Lipinski definition) is 4. The molecular formula is C21H26ClN3O2S. The lowest BCUT2D eigenvalue weighted by atomic mass is 9.84. The van der Waals surface area contributed by atoms with E-state index in [1.165, 1.54) is 10.5 Å². The number of hydrogen-bond donors (Lipinski definition) is 0. The Labute approximate surface area is 172 Å². The minimum Gasteiger partial charge on any atom is -0.378 e. The second-order valence-corrected chi connectivity index (χ2v) is 10.5. The summed E-state index contributed by atoms with van der Waals surface area (Å²) in [6.07, 6.45) is 0.560. The molecule has 1 heterocycles. The van der Waals surface area contributed by atoms with Gasteiger partial charge in [0.1, 0.15) is 0 Å². The van der Waals surface area contributed by atoms with Crippen LogP contribution in [0.25, 0.3) is 0 Å². The molecule has 5 nitrogen and oxygen atoms in total. The van der Waals surface area contributed by atoms with Gasteiger partial charge in [0.05, 0.1) is 16.6 Å². The SMILES string of the molecule is CN(C)c1ccc(C2=NN(S(=O)(=O)c3cccc(Cl)c3)[C@H](C(C)(C)C)C2)cc1. The molecule has 0 bridgehead atoms. The van der Waals surface area contributed by atoms with E-state index < -0.39 is 10.0 Å². The van der Waals surface area contributed by atoms with Gasteiger partial charge in [-0.15, -0.1) is 0 Å². The lowest BCUT2D eigenvalue weighted by molar-refractivity contribution is 0.203. The molecule has 0 fully saturated rings. The molecule has 150 valence electrons. The Hall–Kier alpha value is -2.05. The van der Waals surface area contributed by atoms with Gasteiger partial charge in [-0.05, 0) is 41.3 Å². The van der Waals surface area contributed by atoms with Gasteiger partial charge in [-0.2, -0.15) is 17.9 Å². The molecule has 2 aromatic rings. The van der Waals surface area contributed by atoms with Crippen molar-refractivity contribution in [2.24, 2.45) is 10.5 Å². The van der Waals surface area contributed by atoms with E-state index in [2.05, 4.69) is 5.10 Å². The van der Waals surface area contributed by atoms with Crippen LogP contribution in [0.1, 0.15) is 32.8 Å². The van der Waals surface area contributed by atoms with Crippen LogP contribution in [0.5, 0.6) is 0 Å². The monoisotopic (exact) mass is 419 g/mol. The van der Waals surface area contributed by atoms with Crippen molar-refractivity contribution in [2.45, 2.75) is 38.1 Å². The smallest absolute Gasteiger partial charge is 0.279 e. The highest BCUT2D eigenvalue weighted by atomic mass is 35.5. The molecule has 0 radical (unpaired) electrons. The van der Waals surface area contributed by atoms with Crippen molar-refractivity contribution < 1.29 is 8.42 Å². The van der Waals surface area contributed by atoms with Gasteiger partial charge in [0.25, 0.3) is 10.0 Å². The summed E-state index contributed by atoms with van der Waals surface area (Å²) in [5, 5.41) is 4.95. The van der Waals surface area contributed by atoms with Crippen LogP contribution in [0, 0.1) is 5.41 Å². The molecule has 7 heteroatoms. The maximum atomic E-state index is 13.3. The third kappa shape index (κ3) is 4.03. The number of nitrogens with zero attached hydrogens (tertiary/aromatic N) is 3. The van der Waals surface area contributed by atoms with Gasteiger partial charge in [-0.3, -0.25) is 0 Å². The molecule has 0 spiro atoms. The Kier molecular flexibility index (Phi) is 5.47. The summed E-state index contributed by atoms with van der Waals surface area (Å²) >= 11 is 6.03. The van der Waals surface area contributed by atoms with Gasteiger partial charge in [0.15, 0.2) is 0 Å². The molecule has 0 aromatic heterocycles. The van der Waals surface area contributed by atoms with E-state index >= 15 is 0 Å². The third-order valence-electron chi connectivity index (χ3n) is 4.93. The number of anilines is 1. The van der Waals surface area contributed by atoms with Gasteiger partial charge < -0.3 is 4.90 Å². The molecule has 0 saturated heterocycles. The molecule has 1 aliphatic heterocycles. The molecule has 28 heavy (non-hydrogen) atoms. The van der Waals surface area contributed by atoms with E-state index in [0.29, 0.717) is 11.4 Å². The predicted octanol–water partition coefficient (Wildman–Crippen LogP) is 4.62. The van der Waals surface area contributed by atoms with Crippen molar-refractivity contribution in [3.8, 4) is 0 Å². The lowest BCUT2D eigenvalue weighted by Crippen LogP contribution is -2.41. The van der Waals surface area contributed by atoms with E-state index in [1.807, 2.05) is 64.0 Å². The predicted molar refractivity (Wildman–Crippen MR) is 116 cm³/mol. The first-order valence-corrected chi connectivity index (χ1v) is 11.0. The molecule has 1 aliphatic rings. The van der Waals surface area contributed by atoms with Crippen LogP contribution < -0.4 is 4.90 Å². The van der Waals surface area contributed by atoms with Crippen molar-refractivity contribution in [3.05, 3.63) is 59.1 Å². The summed E-state index contributed by atoms with van der Waals surface area (Å²) in [5.41, 5.74) is 2.51. The lowest BCUT2D eigenvalue weighted by Gasteiger charge is -2.33. The van der Waals surface area contributed by atoms with Crippen LogP contribution in [-0.2, 0) is 10.0 Å². The second kappa shape index (κ2) is 7.41. The molecule has 1 atom stereocenters. The fraction of sp³-hybridized carbons (Fsp3) is 0.381. The highest BCUT2D eigenvalue weighted by Crippen LogP contribution is 2.37. The van der Waals surface area contributed by atoms with Crippen LogP contribution in [0.2, 0.25) is 5.02 Å². The minimum atomic E-state index is -3.80. The summed E-state index contributed by atoms with van der Waals surface area (Å²) in [6, 6.07) is 14.0. The number of benzene rings is 2. The topological polar surface area (TPSA) is 53.0 Å². The summed E-state index contributed by atoms with van der Waals surface area (Å²) < 4.78 is 27.9. The van der Waals surface area contributed by atoms with E-state index in [0.717, 1.165) is 17.0 Å². The Morgan fingerprint density at radius 3 is 2.29 bits per heavy atom. The van der Waals surface area contributed by atoms with Crippen LogP contribution in [0.4, 0.5) is 5.69 Å². The van der Waals surface area contributed by atoms with Crippen molar-refractivity contribution >= 4 is 33.0 Å². The van der Waals surface area contributed by atoms with Gasteiger partial charge in [0, 0.05) is 31.2 Å². The van der Waals surface area contributed by atoms with E-state index in [-0.39, 0.29) is 16.4 Å². The summed E-state index contributed by atoms with van der Waals surface area (Å²) in [6.45, 7) is 6.10. The Bertz CT molecular complexity index is 993. The average Bonchev–Trinajstić information content (AvgIpc) is 3.08. The summed E-state index contributed by atoms with van der Waals surface area (Å²) in [7, 11) is 0.163. The zero-order valence-corrected chi connectivity index (χ0v) is 18.4. The van der Waals surface area contributed by atoms with Gasteiger partial charge >= 0.3 is 0 Å². The molecule has 0 unspecified atom stereocenters. The Morgan fingerprint density at radius 1 is 1.11 bits per heavy atom. The molecule has 2 aromatic carbocycles. The molecular weight excluding hydrogens is 394 g/mol. The van der Waals surface area contributed by atoms with Gasteiger partial charge in [-0.25, -0.2) is 0 Å². The molecule has 0 saturated carbocycles. The zero-order valence-electron chi connectivity index (χ0n) is 16.8. The maximum absolute atomic E-state index is 13.3. The fourth-order valence-electron chi connectivity index (χ4n) is 3.21. The quantitative estimate of drug-likeness (QED) is 0.726. The normalized spacial score (nSPS) is 17.6. The number of halogens is 1. The van der Waals surface area contributed by atoms with E-state index in [4.69, 9.17) is 11.6 Å². The van der Waals surface area contributed by atoms with E-state index in [9.17, 15) is 8.42 Å². The van der Waals surface area contributed by atoms with Crippen molar-refractivity contribution in [1.82, 2.24) is 4.41 Å². The highest BCUT2D eigenvalue weighted by molar-refractivity contribution is 7.89. The largest absolute Gasteiger partial charge is 0.378 e. The standard InChI is InChI=1S/C21H26ClN3O2S/c1-21(2,3)20-14-19(15-9-11-17(12-10-15)24(4)5)23-25(20)28(26,27)18-8-6-7-16(22)13-18/h6-13,20H,14H2,1-5H3/t20-/m0/s1. The number of rotatable bonds is 4. The average molecular weight is 420 g/mol. The summed E-state index contributed by atoms with van der Waals surface area (Å²) in [5.74, 6) is 0. The van der Waals surface area contributed by atoms with Crippen LogP contribution >= 0.6 is 11.6 Å². The van der Waals surface area contributed by atoms with E-state index in [1.54, 1.807) is 18.2 Å². The zero-order chi connectivity index (χ0) is 20.7. The van der Waals surface area contributed by atoms with Crippen molar-refractivity contribution in [1.29, 1.82) is 0 Å². The second-order valence-electron chi connectivity index (χ2n) is 8.31. The van der Waals surface area contributed by atoms with Crippen molar-refractivity contribution in [3.63, 3.8) is 0 Å². The first-order valence-electron chi connectivity index (χ1n) is 9.15. The van der Waals surface area contributed by atoms with Crippen LogP contribution in [0.3, 0.4) is 0 Å². The summed E-state index contributed by atoms with van der Waals surface area (Å²) in [4.78, 5) is 2.18. The molecule has 0 amide bonds. The minimum absolute atomic E-state index is 0.155. The number of hydrazone groups is 1. The first kappa shape index (κ1) is 20.7. The Morgan fingerprint density at radius 2 is 1.75 bits per heavy atom. The fourth-order valence-corrected chi connectivity index (χ4v) is 5.14. The molecule has 0 N–H and O–H groups in total. The third-order valence-corrected chi connectivity index (χ3v) is 6.84. The molecule has 3 rings (SSSR count). The van der Waals surface area contributed by atoms with Crippen LogP contribution in [0.15, 0.2) is 58.5 Å². The molecule has 0 aliphatic carbocycles. The Balaban J connectivity index is 2.03. The first-order chi connectivity index (χ1) is 13.0. The number of sulfonamides is 1. The van der Waals surface area contributed by atoms with Gasteiger partial charge in [0.2, 0.25) is 0 Å². The highest BCUT2D eigenvalue weighted by Gasteiger charge is 2.42.